The SMILES string of the molecule is Cc1cc(NC(=O)C2(C(=O)Nc3cccc(Cl)c3Cl)CC2)no1. The van der Waals surface area contributed by atoms with Crippen molar-refractivity contribution in [1.29, 1.82) is 0 Å². The summed E-state index contributed by atoms with van der Waals surface area (Å²) in [4.78, 5) is 24.9. The van der Waals surface area contributed by atoms with E-state index in [0.717, 1.165) is 0 Å². The highest BCUT2D eigenvalue weighted by atomic mass is 35.5. The van der Waals surface area contributed by atoms with Crippen molar-refractivity contribution in [2.45, 2.75) is 19.8 Å². The van der Waals surface area contributed by atoms with Crippen molar-refractivity contribution in [2.75, 3.05) is 10.6 Å². The highest BCUT2D eigenvalue weighted by molar-refractivity contribution is 6.44. The molecule has 3 rings (SSSR count). The van der Waals surface area contributed by atoms with Gasteiger partial charge in [0.1, 0.15) is 11.2 Å². The second kappa shape index (κ2) is 5.86. The molecule has 2 N–H and O–H groups in total. The molecule has 1 aliphatic rings. The number of benzene rings is 1. The van der Waals surface area contributed by atoms with Gasteiger partial charge in [-0.25, -0.2) is 0 Å². The number of amides is 2. The summed E-state index contributed by atoms with van der Waals surface area (Å²) in [5.41, 5.74) is -0.737. The van der Waals surface area contributed by atoms with Gasteiger partial charge in [-0.15, -0.1) is 0 Å². The van der Waals surface area contributed by atoms with E-state index in [1.54, 1.807) is 31.2 Å². The van der Waals surface area contributed by atoms with E-state index < -0.39 is 17.2 Å². The van der Waals surface area contributed by atoms with Crippen molar-refractivity contribution in [2.24, 2.45) is 5.41 Å². The number of aryl methyl sites for hydroxylation is 1. The van der Waals surface area contributed by atoms with Crippen molar-refractivity contribution < 1.29 is 14.1 Å². The molecule has 0 spiro atoms. The number of hydrogen-bond acceptors (Lipinski definition) is 4. The summed E-state index contributed by atoms with van der Waals surface area (Å²) >= 11 is 12.0. The van der Waals surface area contributed by atoms with E-state index in [4.69, 9.17) is 27.7 Å². The average Bonchev–Trinajstić information content (AvgIpc) is 3.23. The summed E-state index contributed by atoms with van der Waals surface area (Å²) in [6.45, 7) is 1.71. The van der Waals surface area contributed by atoms with Crippen LogP contribution in [0.25, 0.3) is 0 Å². The molecular weight excluding hydrogens is 341 g/mol. The van der Waals surface area contributed by atoms with Gasteiger partial charge in [-0.1, -0.05) is 34.4 Å². The van der Waals surface area contributed by atoms with Crippen LogP contribution in [0.15, 0.2) is 28.8 Å². The van der Waals surface area contributed by atoms with Gasteiger partial charge in [-0.05, 0) is 31.9 Å². The highest BCUT2D eigenvalue weighted by Crippen LogP contribution is 2.48. The Morgan fingerprint density at radius 3 is 2.52 bits per heavy atom. The third-order valence-electron chi connectivity index (χ3n) is 3.69. The predicted molar refractivity (Wildman–Crippen MR) is 86.6 cm³/mol. The highest BCUT2D eigenvalue weighted by Gasteiger charge is 2.56. The summed E-state index contributed by atoms with van der Waals surface area (Å²) in [5.74, 6) is 0.0218. The lowest BCUT2D eigenvalue weighted by Gasteiger charge is -2.15. The van der Waals surface area contributed by atoms with Gasteiger partial charge in [0.25, 0.3) is 0 Å². The summed E-state index contributed by atoms with van der Waals surface area (Å²) < 4.78 is 4.89. The molecule has 1 fully saturated rings. The summed E-state index contributed by atoms with van der Waals surface area (Å²) in [6, 6.07) is 6.49. The number of nitrogens with zero attached hydrogens (tertiary/aromatic N) is 1. The molecule has 8 heteroatoms. The first kappa shape index (κ1) is 15.8. The van der Waals surface area contributed by atoms with Gasteiger partial charge in [-0.2, -0.15) is 0 Å². The van der Waals surface area contributed by atoms with Crippen LogP contribution in [-0.2, 0) is 9.59 Å². The maximum Gasteiger partial charge on any atom is 0.241 e. The Labute approximate surface area is 142 Å². The number of carbonyl (C=O) groups is 2. The quantitative estimate of drug-likeness (QED) is 0.821. The Balaban J connectivity index is 1.73. The fraction of sp³-hybridized carbons (Fsp3) is 0.267. The van der Waals surface area contributed by atoms with Crippen LogP contribution in [0.3, 0.4) is 0 Å². The number of carbonyl (C=O) groups excluding carboxylic acids is 2. The molecule has 0 unspecified atom stereocenters. The smallest absolute Gasteiger partial charge is 0.241 e. The molecule has 0 aliphatic heterocycles. The molecule has 120 valence electrons. The van der Waals surface area contributed by atoms with Gasteiger partial charge in [0.05, 0.1) is 15.7 Å². The molecule has 1 heterocycles. The number of anilines is 2. The first-order valence-corrected chi connectivity index (χ1v) is 7.68. The van der Waals surface area contributed by atoms with Crippen molar-refractivity contribution in [3.8, 4) is 0 Å². The number of nitrogens with one attached hydrogen (secondary N) is 2. The summed E-state index contributed by atoms with van der Waals surface area (Å²) in [6.07, 6.45) is 0.916. The van der Waals surface area contributed by atoms with Crippen molar-refractivity contribution in [1.82, 2.24) is 5.16 Å². The third kappa shape index (κ3) is 3.04. The monoisotopic (exact) mass is 353 g/mol. The topological polar surface area (TPSA) is 84.2 Å². The van der Waals surface area contributed by atoms with Crippen LogP contribution in [0.4, 0.5) is 11.5 Å². The second-order valence-electron chi connectivity index (χ2n) is 5.41. The van der Waals surface area contributed by atoms with Crippen LogP contribution in [0, 0.1) is 12.3 Å². The van der Waals surface area contributed by atoms with E-state index >= 15 is 0 Å². The fourth-order valence-electron chi connectivity index (χ4n) is 2.19. The largest absolute Gasteiger partial charge is 0.360 e. The molecule has 2 aromatic rings. The Hall–Kier alpha value is -2.05. The lowest BCUT2D eigenvalue weighted by atomic mass is 10.1. The van der Waals surface area contributed by atoms with Crippen molar-refractivity contribution >= 4 is 46.5 Å². The minimum atomic E-state index is -1.11. The van der Waals surface area contributed by atoms with Gasteiger partial charge < -0.3 is 15.2 Å². The number of aromatic nitrogens is 1. The maximum atomic E-state index is 12.5. The summed E-state index contributed by atoms with van der Waals surface area (Å²) in [5, 5.41) is 9.52. The average molecular weight is 354 g/mol. The van der Waals surface area contributed by atoms with Gasteiger partial charge in [0, 0.05) is 6.07 Å². The van der Waals surface area contributed by atoms with Crippen LogP contribution in [0.5, 0.6) is 0 Å². The predicted octanol–water partition coefficient (Wildman–Crippen LogP) is 3.65. The first-order valence-electron chi connectivity index (χ1n) is 6.92. The minimum Gasteiger partial charge on any atom is -0.360 e. The molecule has 0 bridgehead atoms. The lowest BCUT2D eigenvalue weighted by Crippen LogP contribution is -2.35. The number of rotatable bonds is 4. The van der Waals surface area contributed by atoms with E-state index in [9.17, 15) is 9.59 Å². The van der Waals surface area contributed by atoms with Crippen LogP contribution in [-0.4, -0.2) is 17.0 Å². The van der Waals surface area contributed by atoms with E-state index in [1.165, 1.54) is 0 Å². The van der Waals surface area contributed by atoms with Gasteiger partial charge in [0.2, 0.25) is 11.8 Å². The molecule has 1 aliphatic carbocycles. The zero-order valence-electron chi connectivity index (χ0n) is 12.2. The van der Waals surface area contributed by atoms with E-state index in [2.05, 4.69) is 15.8 Å². The molecular formula is C15H13Cl2N3O3. The van der Waals surface area contributed by atoms with E-state index in [-0.39, 0.29) is 10.8 Å². The third-order valence-corrected chi connectivity index (χ3v) is 4.51. The molecule has 23 heavy (non-hydrogen) atoms. The molecule has 1 saturated carbocycles. The van der Waals surface area contributed by atoms with Crippen LogP contribution >= 0.6 is 23.2 Å². The lowest BCUT2D eigenvalue weighted by molar-refractivity contribution is -0.131. The molecule has 1 aromatic heterocycles. The molecule has 0 atom stereocenters. The van der Waals surface area contributed by atoms with E-state index in [0.29, 0.717) is 29.3 Å². The first-order chi connectivity index (χ1) is 10.9. The molecule has 6 nitrogen and oxygen atoms in total. The fourth-order valence-corrected chi connectivity index (χ4v) is 2.53. The van der Waals surface area contributed by atoms with Gasteiger partial charge in [0.15, 0.2) is 5.82 Å². The van der Waals surface area contributed by atoms with Crippen molar-refractivity contribution in [3.63, 3.8) is 0 Å². The zero-order chi connectivity index (χ0) is 16.6. The zero-order valence-corrected chi connectivity index (χ0v) is 13.7. The van der Waals surface area contributed by atoms with Crippen LogP contribution in [0.1, 0.15) is 18.6 Å². The molecule has 0 radical (unpaired) electrons. The maximum absolute atomic E-state index is 12.5. The molecule has 0 saturated heterocycles. The van der Waals surface area contributed by atoms with E-state index in [1.807, 2.05) is 0 Å². The Morgan fingerprint density at radius 2 is 1.91 bits per heavy atom. The van der Waals surface area contributed by atoms with Crippen molar-refractivity contribution in [3.05, 3.63) is 40.1 Å². The number of halogens is 2. The van der Waals surface area contributed by atoms with Crippen LogP contribution < -0.4 is 10.6 Å². The summed E-state index contributed by atoms with van der Waals surface area (Å²) in [7, 11) is 0. The standard InChI is InChI=1S/C15H13Cl2N3O3/c1-8-7-11(20-23-8)19-14(22)15(5-6-15)13(21)18-10-4-2-3-9(16)12(10)17/h2-4,7H,5-6H2,1H3,(H,18,21)(H,19,20,22). The van der Waals surface area contributed by atoms with Gasteiger partial charge in [-0.3, -0.25) is 9.59 Å². The molecule has 2 amide bonds. The number of hydrogen-bond donors (Lipinski definition) is 2. The normalized spacial score (nSPS) is 15.1. The van der Waals surface area contributed by atoms with Crippen LogP contribution in [0.2, 0.25) is 10.0 Å². The Morgan fingerprint density at radius 1 is 1.22 bits per heavy atom. The Bertz CT molecular complexity index is 784. The second-order valence-corrected chi connectivity index (χ2v) is 6.20. The minimum absolute atomic E-state index is 0.242. The Kier molecular flexibility index (Phi) is 4.04. The molecule has 1 aromatic carbocycles. The van der Waals surface area contributed by atoms with Gasteiger partial charge >= 0.3 is 0 Å².